The SMILES string of the molecule is Cn1cnc2cc(-c3noc(-c4ccc5c(c4)OCO5)n3)ccc21. The van der Waals surface area contributed by atoms with Crippen LogP contribution in [0.2, 0.25) is 0 Å². The van der Waals surface area contributed by atoms with Crippen molar-refractivity contribution in [3.05, 3.63) is 42.7 Å². The highest BCUT2D eigenvalue weighted by Crippen LogP contribution is 2.35. The highest BCUT2D eigenvalue weighted by molar-refractivity contribution is 5.80. The van der Waals surface area contributed by atoms with Crippen LogP contribution in [0.4, 0.5) is 0 Å². The van der Waals surface area contributed by atoms with Crippen molar-refractivity contribution in [2.75, 3.05) is 6.79 Å². The highest BCUT2D eigenvalue weighted by Gasteiger charge is 2.17. The predicted molar refractivity (Wildman–Crippen MR) is 85.6 cm³/mol. The number of benzene rings is 2. The van der Waals surface area contributed by atoms with Crippen molar-refractivity contribution in [3.8, 4) is 34.3 Å². The topological polar surface area (TPSA) is 75.2 Å². The van der Waals surface area contributed by atoms with Gasteiger partial charge in [0, 0.05) is 18.2 Å². The lowest BCUT2D eigenvalue weighted by Gasteiger charge is -1.98. The molecule has 3 heterocycles. The van der Waals surface area contributed by atoms with Gasteiger partial charge < -0.3 is 18.6 Å². The van der Waals surface area contributed by atoms with E-state index in [0.29, 0.717) is 17.5 Å². The van der Waals surface area contributed by atoms with Gasteiger partial charge in [0.25, 0.3) is 5.89 Å². The van der Waals surface area contributed by atoms with E-state index in [2.05, 4.69) is 15.1 Å². The maximum Gasteiger partial charge on any atom is 0.258 e. The fraction of sp³-hybridized carbons (Fsp3) is 0.118. The molecule has 1 aliphatic rings. The summed E-state index contributed by atoms with van der Waals surface area (Å²) in [5.74, 6) is 2.36. The summed E-state index contributed by atoms with van der Waals surface area (Å²) in [5, 5.41) is 4.08. The Labute approximate surface area is 136 Å². The zero-order valence-electron chi connectivity index (χ0n) is 12.8. The fourth-order valence-electron chi connectivity index (χ4n) is 2.76. The molecular weight excluding hydrogens is 308 g/mol. The Morgan fingerprint density at radius 2 is 1.88 bits per heavy atom. The van der Waals surface area contributed by atoms with Gasteiger partial charge in [0.15, 0.2) is 11.5 Å². The molecule has 0 saturated heterocycles. The van der Waals surface area contributed by atoms with Crippen molar-refractivity contribution in [1.29, 1.82) is 0 Å². The van der Waals surface area contributed by atoms with Crippen LogP contribution in [0.25, 0.3) is 33.9 Å². The second-order valence-corrected chi connectivity index (χ2v) is 5.55. The molecule has 0 radical (unpaired) electrons. The molecule has 0 amide bonds. The lowest BCUT2D eigenvalue weighted by Crippen LogP contribution is -1.92. The van der Waals surface area contributed by atoms with Crippen molar-refractivity contribution in [1.82, 2.24) is 19.7 Å². The van der Waals surface area contributed by atoms with Gasteiger partial charge in [-0.25, -0.2) is 4.98 Å². The van der Waals surface area contributed by atoms with Gasteiger partial charge in [0.05, 0.1) is 17.4 Å². The Morgan fingerprint density at radius 3 is 2.83 bits per heavy atom. The predicted octanol–water partition coefficient (Wildman–Crippen LogP) is 3.02. The monoisotopic (exact) mass is 320 g/mol. The molecule has 7 heteroatoms. The minimum Gasteiger partial charge on any atom is -0.454 e. The molecule has 2 aromatic carbocycles. The molecule has 0 aliphatic carbocycles. The van der Waals surface area contributed by atoms with Crippen LogP contribution >= 0.6 is 0 Å². The van der Waals surface area contributed by atoms with Crippen LogP contribution in [0.3, 0.4) is 0 Å². The maximum absolute atomic E-state index is 5.40. The van der Waals surface area contributed by atoms with Crippen molar-refractivity contribution < 1.29 is 14.0 Å². The van der Waals surface area contributed by atoms with Crippen molar-refractivity contribution >= 4 is 11.0 Å². The number of hydrogen-bond donors (Lipinski definition) is 0. The Kier molecular flexibility index (Phi) is 2.64. The Bertz CT molecular complexity index is 1070. The minimum atomic E-state index is 0.234. The van der Waals surface area contributed by atoms with E-state index >= 15 is 0 Å². The van der Waals surface area contributed by atoms with Gasteiger partial charge in [-0.15, -0.1) is 0 Å². The number of fused-ring (bicyclic) bond motifs is 2. The van der Waals surface area contributed by atoms with E-state index in [9.17, 15) is 0 Å². The third-order valence-corrected chi connectivity index (χ3v) is 4.03. The van der Waals surface area contributed by atoms with Crippen LogP contribution in [0.5, 0.6) is 11.5 Å². The summed E-state index contributed by atoms with van der Waals surface area (Å²) in [4.78, 5) is 8.84. The van der Waals surface area contributed by atoms with E-state index in [0.717, 1.165) is 27.9 Å². The van der Waals surface area contributed by atoms with Crippen molar-refractivity contribution in [2.45, 2.75) is 0 Å². The standard InChI is InChI=1S/C17H12N4O3/c1-21-8-18-12-6-10(2-4-13(12)21)16-19-17(24-20-16)11-3-5-14-15(7-11)23-9-22-14/h2-8H,9H2,1H3. The zero-order valence-corrected chi connectivity index (χ0v) is 12.8. The molecule has 4 aromatic rings. The van der Waals surface area contributed by atoms with E-state index < -0.39 is 0 Å². The van der Waals surface area contributed by atoms with Crippen LogP contribution in [0.1, 0.15) is 0 Å². The molecule has 0 N–H and O–H groups in total. The quantitative estimate of drug-likeness (QED) is 0.565. The molecule has 118 valence electrons. The van der Waals surface area contributed by atoms with E-state index in [1.807, 2.05) is 48.0 Å². The first-order valence-corrected chi connectivity index (χ1v) is 7.43. The summed E-state index contributed by atoms with van der Waals surface area (Å²) in [6.07, 6.45) is 1.78. The summed E-state index contributed by atoms with van der Waals surface area (Å²) in [6, 6.07) is 11.4. The number of aromatic nitrogens is 4. The highest BCUT2D eigenvalue weighted by atomic mass is 16.7. The number of ether oxygens (including phenoxy) is 2. The summed E-state index contributed by atoms with van der Waals surface area (Å²) >= 11 is 0. The van der Waals surface area contributed by atoms with E-state index in [1.165, 1.54) is 0 Å². The molecule has 1 aliphatic heterocycles. The number of rotatable bonds is 2. The van der Waals surface area contributed by atoms with Gasteiger partial charge in [-0.3, -0.25) is 0 Å². The number of aryl methyl sites for hydroxylation is 1. The number of imidazole rings is 1. The fourth-order valence-corrected chi connectivity index (χ4v) is 2.76. The molecule has 0 fully saturated rings. The second kappa shape index (κ2) is 4.82. The first-order valence-electron chi connectivity index (χ1n) is 7.43. The molecule has 0 unspecified atom stereocenters. The summed E-state index contributed by atoms with van der Waals surface area (Å²) < 4.78 is 18.1. The Morgan fingerprint density at radius 1 is 1.00 bits per heavy atom. The molecule has 0 atom stereocenters. The molecule has 0 spiro atoms. The van der Waals surface area contributed by atoms with Gasteiger partial charge in [-0.2, -0.15) is 4.98 Å². The van der Waals surface area contributed by atoms with Gasteiger partial charge in [0.1, 0.15) is 0 Å². The Balaban J connectivity index is 1.54. The van der Waals surface area contributed by atoms with E-state index in [-0.39, 0.29) is 6.79 Å². The summed E-state index contributed by atoms with van der Waals surface area (Å²) in [5.41, 5.74) is 3.59. The van der Waals surface area contributed by atoms with E-state index in [4.69, 9.17) is 14.0 Å². The molecular formula is C17H12N4O3. The second-order valence-electron chi connectivity index (χ2n) is 5.55. The lowest BCUT2D eigenvalue weighted by atomic mass is 10.2. The average Bonchev–Trinajstić information content (AvgIpc) is 3.33. The van der Waals surface area contributed by atoms with Gasteiger partial charge in [-0.05, 0) is 36.4 Å². The minimum absolute atomic E-state index is 0.234. The molecule has 7 nitrogen and oxygen atoms in total. The summed E-state index contributed by atoms with van der Waals surface area (Å²) in [6.45, 7) is 0.234. The number of nitrogens with zero attached hydrogens (tertiary/aromatic N) is 4. The van der Waals surface area contributed by atoms with E-state index in [1.54, 1.807) is 6.33 Å². The molecule has 24 heavy (non-hydrogen) atoms. The maximum atomic E-state index is 5.40. The normalized spacial score (nSPS) is 12.9. The first-order chi connectivity index (χ1) is 11.8. The molecule has 0 saturated carbocycles. The third-order valence-electron chi connectivity index (χ3n) is 4.03. The largest absolute Gasteiger partial charge is 0.454 e. The smallest absolute Gasteiger partial charge is 0.258 e. The van der Waals surface area contributed by atoms with Gasteiger partial charge >= 0.3 is 0 Å². The van der Waals surface area contributed by atoms with Gasteiger partial charge in [0.2, 0.25) is 12.6 Å². The molecule has 2 aromatic heterocycles. The number of hydrogen-bond acceptors (Lipinski definition) is 6. The van der Waals surface area contributed by atoms with Crippen LogP contribution in [0, 0.1) is 0 Å². The van der Waals surface area contributed by atoms with Crippen LogP contribution in [-0.2, 0) is 7.05 Å². The molecule has 0 bridgehead atoms. The first kappa shape index (κ1) is 13.1. The lowest BCUT2D eigenvalue weighted by molar-refractivity contribution is 0.174. The summed E-state index contributed by atoms with van der Waals surface area (Å²) in [7, 11) is 1.96. The van der Waals surface area contributed by atoms with Crippen molar-refractivity contribution in [3.63, 3.8) is 0 Å². The molecule has 5 rings (SSSR count). The third kappa shape index (κ3) is 1.95. The van der Waals surface area contributed by atoms with Gasteiger partial charge in [-0.1, -0.05) is 5.16 Å². The van der Waals surface area contributed by atoms with Crippen LogP contribution in [0.15, 0.2) is 47.2 Å². The Hall–Kier alpha value is -3.35. The average molecular weight is 320 g/mol. The van der Waals surface area contributed by atoms with Crippen molar-refractivity contribution in [2.24, 2.45) is 7.05 Å². The zero-order chi connectivity index (χ0) is 16.1. The van der Waals surface area contributed by atoms with Crippen LogP contribution < -0.4 is 9.47 Å². The van der Waals surface area contributed by atoms with Crippen LogP contribution in [-0.4, -0.2) is 26.5 Å².